The predicted octanol–water partition coefficient (Wildman–Crippen LogP) is 3.75. The molecule has 0 bridgehead atoms. The molecule has 0 aliphatic carbocycles. The molecular formula is C15H11NO3. The number of carbonyl (C=O) groups excluding carboxylic acids is 1. The van der Waals surface area contributed by atoms with Crippen molar-refractivity contribution in [3.63, 3.8) is 0 Å². The average molecular weight is 253 g/mol. The molecule has 0 saturated heterocycles. The molecule has 3 rings (SSSR count). The van der Waals surface area contributed by atoms with Gasteiger partial charge < -0.3 is 14.5 Å². The normalized spacial score (nSPS) is 10.3. The summed E-state index contributed by atoms with van der Waals surface area (Å²) >= 11 is 0. The number of aromatic amines is 1. The Kier molecular flexibility index (Phi) is 2.90. The molecule has 1 N–H and O–H groups in total. The summed E-state index contributed by atoms with van der Waals surface area (Å²) in [5.41, 5.74) is 0.771. The van der Waals surface area contributed by atoms with Crippen molar-refractivity contribution in [2.45, 2.75) is 0 Å². The van der Waals surface area contributed by atoms with Crippen LogP contribution in [0, 0.1) is 0 Å². The summed E-state index contributed by atoms with van der Waals surface area (Å²) in [5.74, 6) is 0.898. The zero-order valence-electron chi connectivity index (χ0n) is 10.00. The number of hydrogen-bond donors (Lipinski definition) is 1. The van der Waals surface area contributed by atoms with Crippen LogP contribution in [0.15, 0.2) is 60.8 Å². The molecule has 19 heavy (non-hydrogen) atoms. The molecule has 1 aromatic heterocycles. The average Bonchev–Trinajstić information content (AvgIpc) is 2.89. The van der Waals surface area contributed by atoms with E-state index in [1.807, 2.05) is 24.3 Å². The molecule has 4 heteroatoms. The van der Waals surface area contributed by atoms with Gasteiger partial charge in [0.2, 0.25) is 0 Å². The molecule has 2 aromatic carbocycles. The van der Waals surface area contributed by atoms with Gasteiger partial charge in [0.1, 0.15) is 5.75 Å². The second-order valence-corrected chi connectivity index (χ2v) is 3.97. The third kappa shape index (κ3) is 2.42. The van der Waals surface area contributed by atoms with Gasteiger partial charge in [0.25, 0.3) is 0 Å². The highest BCUT2D eigenvalue weighted by Crippen LogP contribution is 2.24. The van der Waals surface area contributed by atoms with Gasteiger partial charge in [-0.3, -0.25) is 0 Å². The van der Waals surface area contributed by atoms with E-state index in [0.29, 0.717) is 11.5 Å². The lowest BCUT2D eigenvalue weighted by Gasteiger charge is -2.06. The van der Waals surface area contributed by atoms with Crippen LogP contribution in [0.3, 0.4) is 0 Å². The summed E-state index contributed by atoms with van der Waals surface area (Å²) in [6.45, 7) is 0. The van der Waals surface area contributed by atoms with Gasteiger partial charge >= 0.3 is 6.16 Å². The van der Waals surface area contributed by atoms with E-state index in [0.717, 1.165) is 10.9 Å². The summed E-state index contributed by atoms with van der Waals surface area (Å²) in [6, 6.07) is 16.2. The number of ether oxygens (including phenoxy) is 2. The zero-order valence-corrected chi connectivity index (χ0v) is 10.00. The molecule has 1 heterocycles. The van der Waals surface area contributed by atoms with Gasteiger partial charge in [-0.05, 0) is 24.3 Å². The van der Waals surface area contributed by atoms with Gasteiger partial charge in [-0.2, -0.15) is 0 Å². The number of fused-ring (bicyclic) bond motifs is 1. The maximum Gasteiger partial charge on any atom is 0.519 e. The van der Waals surface area contributed by atoms with Gasteiger partial charge in [0.15, 0.2) is 5.75 Å². The van der Waals surface area contributed by atoms with Crippen molar-refractivity contribution in [3.8, 4) is 11.5 Å². The number of para-hydroxylation sites is 2. The van der Waals surface area contributed by atoms with E-state index in [1.54, 1.807) is 36.5 Å². The van der Waals surface area contributed by atoms with Crippen molar-refractivity contribution in [2.75, 3.05) is 0 Å². The van der Waals surface area contributed by atoms with Gasteiger partial charge in [-0.25, -0.2) is 4.79 Å². The molecule has 3 aromatic rings. The third-order valence-corrected chi connectivity index (χ3v) is 2.69. The SMILES string of the molecule is O=C(Oc1ccccc1)Oc1cccc2cc[nH]c12. The second-order valence-electron chi connectivity index (χ2n) is 3.97. The van der Waals surface area contributed by atoms with Crippen LogP contribution in [-0.2, 0) is 0 Å². The third-order valence-electron chi connectivity index (χ3n) is 2.69. The fourth-order valence-corrected chi connectivity index (χ4v) is 1.84. The topological polar surface area (TPSA) is 51.3 Å². The van der Waals surface area contributed by atoms with Crippen molar-refractivity contribution >= 4 is 17.1 Å². The van der Waals surface area contributed by atoms with Crippen LogP contribution in [0.2, 0.25) is 0 Å². The second kappa shape index (κ2) is 4.86. The lowest BCUT2D eigenvalue weighted by Crippen LogP contribution is -2.13. The van der Waals surface area contributed by atoms with Crippen LogP contribution < -0.4 is 9.47 Å². The molecule has 0 unspecified atom stereocenters. The van der Waals surface area contributed by atoms with Crippen molar-refractivity contribution in [2.24, 2.45) is 0 Å². The number of aromatic nitrogens is 1. The minimum atomic E-state index is -0.756. The standard InChI is InChI=1S/C15H11NO3/c17-15(18-12-6-2-1-3-7-12)19-13-8-4-5-11-9-10-16-14(11)13/h1-10,16H. The van der Waals surface area contributed by atoms with Crippen LogP contribution >= 0.6 is 0 Å². The number of H-pyrrole nitrogens is 1. The van der Waals surface area contributed by atoms with E-state index in [2.05, 4.69) is 4.98 Å². The zero-order chi connectivity index (χ0) is 13.1. The van der Waals surface area contributed by atoms with Crippen LogP contribution in [0.5, 0.6) is 11.5 Å². The largest absolute Gasteiger partial charge is 0.519 e. The molecule has 0 radical (unpaired) electrons. The Morgan fingerprint density at radius 2 is 1.74 bits per heavy atom. The van der Waals surface area contributed by atoms with Gasteiger partial charge in [-0.1, -0.05) is 30.3 Å². The Labute approximate surface area is 109 Å². The lowest BCUT2D eigenvalue weighted by atomic mass is 10.2. The molecule has 0 atom stereocenters. The smallest absolute Gasteiger partial charge is 0.395 e. The lowest BCUT2D eigenvalue weighted by molar-refractivity contribution is 0.152. The molecule has 0 amide bonds. The van der Waals surface area contributed by atoms with E-state index in [4.69, 9.17) is 9.47 Å². The molecule has 0 saturated carbocycles. The molecule has 94 valence electrons. The highest BCUT2D eigenvalue weighted by atomic mass is 16.7. The monoisotopic (exact) mass is 253 g/mol. The Balaban J connectivity index is 1.78. The van der Waals surface area contributed by atoms with E-state index in [1.165, 1.54) is 0 Å². The van der Waals surface area contributed by atoms with Crippen molar-refractivity contribution in [1.29, 1.82) is 0 Å². The van der Waals surface area contributed by atoms with Gasteiger partial charge in [-0.15, -0.1) is 0 Å². The Morgan fingerprint density at radius 3 is 2.58 bits per heavy atom. The van der Waals surface area contributed by atoms with Crippen LogP contribution in [0.1, 0.15) is 0 Å². The Bertz CT molecular complexity index is 703. The highest BCUT2D eigenvalue weighted by Gasteiger charge is 2.10. The quantitative estimate of drug-likeness (QED) is 0.559. The summed E-state index contributed by atoms with van der Waals surface area (Å²) in [4.78, 5) is 14.7. The van der Waals surface area contributed by atoms with Crippen molar-refractivity contribution in [1.82, 2.24) is 4.98 Å². The fourth-order valence-electron chi connectivity index (χ4n) is 1.84. The molecular weight excluding hydrogens is 242 g/mol. The van der Waals surface area contributed by atoms with E-state index >= 15 is 0 Å². The van der Waals surface area contributed by atoms with Crippen molar-refractivity contribution < 1.29 is 14.3 Å². The first-order valence-corrected chi connectivity index (χ1v) is 5.84. The number of benzene rings is 2. The van der Waals surface area contributed by atoms with E-state index < -0.39 is 6.16 Å². The number of hydrogen-bond acceptors (Lipinski definition) is 3. The summed E-state index contributed by atoms with van der Waals surface area (Å²) < 4.78 is 10.3. The van der Waals surface area contributed by atoms with Crippen LogP contribution in [0.25, 0.3) is 10.9 Å². The molecule has 0 aliphatic rings. The summed E-state index contributed by atoms with van der Waals surface area (Å²) in [6.07, 6.45) is 1.04. The van der Waals surface area contributed by atoms with Crippen LogP contribution in [0.4, 0.5) is 4.79 Å². The van der Waals surface area contributed by atoms with Gasteiger partial charge in [0.05, 0.1) is 5.52 Å². The number of rotatable bonds is 2. The first-order chi connectivity index (χ1) is 9.33. The molecule has 0 fully saturated rings. The number of carbonyl (C=O) groups is 1. The molecule has 0 aliphatic heterocycles. The summed E-state index contributed by atoms with van der Waals surface area (Å²) in [5, 5.41) is 0.977. The number of nitrogens with one attached hydrogen (secondary N) is 1. The Hall–Kier alpha value is -2.75. The first kappa shape index (κ1) is 11.3. The maximum atomic E-state index is 11.7. The van der Waals surface area contributed by atoms with E-state index in [9.17, 15) is 4.79 Å². The van der Waals surface area contributed by atoms with Crippen LogP contribution in [-0.4, -0.2) is 11.1 Å². The van der Waals surface area contributed by atoms with Gasteiger partial charge in [0, 0.05) is 11.6 Å². The Morgan fingerprint density at radius 1 is 0.895 bits per heavy atom. The minimum absolute atomic E-state index is 0.448. The maximum absolute atomic E-state index is 11.7. The first-order valence-electron chi connectivity index (χ1n) is 5.84. The highest BCUT2D eigenvalue weighted by molar-refractivity contribution is 5.87. The molecule has 4 nitrogen and oxygen atoms in total. The fraction of sp³-hybridized carbons (Fsp3) is 0. The predicted molar refractivity (Wildman–Crippen MR) is 71.4 cm³/mol. The minimum Gasteiger partial charge on any atom is -0.395 e. The molecule has 0 spiro atoms. The summed E-state index contributed by atoms with van der Waals surface area (Å²) in [7, 11) is 0. The van der Waals surface area contributed by atoms with E-state index in [-0.39, 0.29) is 0 Å². The van der Waals surface area contributed by atoms with Crippen molar-refractivity contribution in [3.05, 3.63) is 60.8 Å².